The molecule has 0 amide bonds. The van der Waals surface area contributed by atoms with Crippen molar-refractivity contribution >= 4 is 11.9 Å². The first-order chi connectivity index (χ1) is 9.41. The first-order valence-electron chi connectivity index (χ1n) is 5.87. The minimum atomic E-state index is -1.15. The number of carbonyl (C=O) groups is 2. The zero-order valence-corrected chi connectivity index (χ0v) is 11.0. The average Bonchev–Trinajstić information content (AvgIpc) is 2.42. The monoisotopic (exact) mass is 280 g/mol. The number of phenols is 1. The normalized spacial score (nSPS) is 11.5. The van der Waals surface area contributed by atoms with E-state index >= 15 is 0 Å². The summed E-state index contributed by atoms with van der Waals surface area (Å²) in [7, 11) is 0. The number of carbonyl (C=O) groups excluding carboxylic acids is 2. The number of hydrogen-bond acceptors (Lipinski definition) is 6. The van der Waals surface area contributed by atoms with Crippen LogP contribution in [0.3, 0.4) is 0 Å². The maximum atomic E-state index is 11.6. The topological polar surface area (TPSA) is 93.1 Å². The van der Waals surface area contributed by atoms with E-state index in [9.17, 15) is 19.8 Å². The highest BCUT2D eigenvalue weighted by Crippen LogP contribution is 2.16. The molecule has 0 aliphatic heterocycles. The van der Waals surface area contributed by atoms with Crippen molar-refractivity contribution in [3.8, 4) is 5.75 Å². The van der Waals surface area contributed by atoms with E-state index in [0.29, 0.717) is 0 Å². The van der Waals surface area contributed by atoms with E-state index in [1.54, 1.807) is 12.1 Å². The number of aliphatic hydroxyl groups excluding tert-OH is 1. The van der Waals surface area contributed by atoms with Crippen molar-refractivity contribution in [3.63, 3.8) is 0 Å². The Balaban J connectivity index is 2.40. The average molecular weight is 280 g/mol. The van der Waals surface area contributed by atoms with Crippen LogP contribution >= 0.6 is 0 Å². The van der Waals surface area contributed by atoms with E-state index in [-0.39, 0.29) is 30.1 Å². The molecule has 1 rings (SSSR count). The fraction of sp³-hybridized carbons (Fsp3) is 0.286. The highest BCUT2D eigenvalue weighted by atomic mass is 16.6. The standard InChI is InChI=1S/C14H16O6/c1-9(2)13(17)19-7-10(15)8-20-14(18)11-5-3-4-6-12(11)16/h3-6,10,15-16H,1,7-8H2,2H3. The molecule has 6 heteroatoms. The first kappa shape index (κ1) is 15.7. The second-order valence-corrected chi connectivity index (χ2v) is 4.15. The quantitative estimate of drug-likeness (QED) is 0.597. The summed E-state index contributed by atoms with van der Waals surface area (Å²) in [4.78, 5) is 22.7. The molecule has 20 heavy (non-hydrogen) atoms. The zero-order chi connectivity index (χ0) is 15.1. The first-order valence-corrected chi connectivity index (χ1v) is 5.87. The molecule has 108 valence electrons. The molecule has 1 unspecified atom stereocenters. The highest BCUT2D eigenvalue weighted by Gasteiger charge is 2.15. The van der Waals surface area contributed by atoms with Gasteiger partial charge in [0.25, 0.3) is 0 Å². The fourth-order valence-corrected chi connectivity index (χ4v) is 1.24. The van der Waals surface area contributed by atoms with Gasteiger partial charge in [-0.25, -0.2) is 9.59 Å². The lowest BCUT2D eigenvalue weighted by molar-refractivity contribution is -0.142. The third kappa shape index (κ3) is 4.74. The Morgan fingerprint density at radius 2 is 1.85 bits per heavy atom. The number of hydrogen-bond donors (Lipinski definition) is 2. The van der Waals surface area contributed by atoms with Gasteiger partial charge < -0.3 is 19.7 Å². The van der Waals surface area contributed by atoms with Gasteiger partial charge >= 0.3 is 11.9 Å². The molecule has 0 saturated carbocycles. The van der Waals surface area contributed by atoms with Gasteiger partial charge in [-0.05, 0) is 19.1 Å². The van der Waals surface area contributed by atoms with Crippen molar-refractivity contribution < 1.29 is 29.3 Å². The molecule has 0 aliphatic carbocycles. The molecule has 0 aliphatic rings. The number of phenolic OH excluding ortho intramolecular Hbond substituents is 1. The van der Waals surface area contributed by atoms with E-state index < -0.39 is 18.0 Å². The van der Waals surface area contributed by atoms with Gasteiger partial charge in [-0.15, -0.1) is 0 Å². The Labute approximate surface area is 116 Å². The predicted molar refractivity (Wildman–Crippen MR) is 70.2 cm³/mol. The smallest absolute Gasteiger partial charge is 0.342 e. The number of benzene rings is 1. The number of rotatable bonds is 6. The Bertz CT molecular complexity index is 508. The second kappa shape index (κ2) is 7.30. The zero-order valence-electron chi connectivity index (χ0n) is 11.0. The van der Waals surface area contributed by atoms with E-state index in [4.69, 9.17) is 9.47 Å². The van der Waals surface area contributed by atoms with Gasteiger partial charge in [-0.2, -0.15) is 0 Å². The molecule has 2 N–H and O–H groups in total. The van der Waals surface area contributed by atoms with Crippen molar-refractivity contribution in [2.45, 2.75) is 13.0 Å². The summed E-state index contributed by atoms with van der Waals surface area (Å²) in [6, 6.07) is 5.88. The molecule has 0 fully saturated rings. The lowest BCUT2D eigenvalue weighted by Crippen LogP contribution is -2.25. The molecule has 0 saturated heterocycles. The van der Waals surface area contributed by atoms with Gasteiger partial charge in [0, 0.05) is 5.57 Å². The molecule has 1 atom stereocenters. The second-order valence-electron chi connectivity index (χ2n) is 4.15. The molecule has 1 aromatic carbocycles. The number of aromatic hydroxyl groups is 1. The Hall–Kier alpha value is -2.34. The van der Waals surface area contributed by atoms with Crippen LogP contribution in [0.2, 0.25) is 0 Å². The van der Waals surface area contributed by atoms with E-state index in [2.05, 4.69) is 6.58 Å². The third-order valence-electron chi connectivity index (χ3n) is 2.29. The van der Waals surface area contributed by atoms with E-state index in [1.807, 2.05) is 0 Å². The number of esters is 2. The minimum absolute atomic E-state index is 0.00127. The van der Waals surface area contributed by atoms with Gasteiger partial charge in [0.1, 0.15) is 30.6 Å². The summed E-state index contributed by atoms with van der Waals surface area (Å²) in [6.45, 7) is 4.21. The highest BCUT2D eigenvalue weighted by molar-refractivity contribution is 5.92. The van der Waals surface area contributed by atoms with Crippen molar-refractivity contribution in [1.29, 1.82) is 0 Å². The van der Waals surface area contributed by atoms with Gasteiger partial charge in [0.15, 0.2) is 0 Å². The summed E-state index contributed by atoms with van der Waals surface area (Å²) in [6.07, 6.45) is -1.15. The summed E-state index contributed by atoms with van der Waals surface area (Å²) in [5.41, 5.74) is 0.210. The van der Waals surface area contributed by atoms with Gasteiger partial charge in [0.05, 0.1) is 0 Å². The van der Waals surface area contributed by atoms with Gasteiger partial charge in [-0.1, -0.05) is 18.7 Å². The minimum Gasteiger partial charge on any atom is -0.507 e. The van der Waals surface area contributed by atoms with Crippen LogP contribution in [0.1, 0.15) is 17.3 Å². The summed E-state index contributed by atoms with van der Waals surface area (Å²) < 4.78 is 9.50. The van der Waals surface area contributed by atoms with Crippen LogP contribution in [-0.4, -0.2) is 41.5 Å². The maximum Gasteiger partial charge on any atom is 0.342 e. The van der Waals surface area contributed by atoms with E-state index in [1.165, 1.54) is 19.1 Å². The number of aliphatic hydroxyl groups is 1. The van der Waals surface area contributed by atoms with Gasteiger partial charge in [0.2, 0.25) is 0 Å². The van der Waals surface area contributed by atoms with Crippen LogP contribution in [0.5, 0.6) is 5.75 Å². The summed E-state index contributed by atoms with van der Waals surface area (Å²) >= 11 is 0. The molecule has 0 radical (unpaired) electrons. The molecule has 0 spiro atoms. The lowest BCUT2D eigenvalue weighted by atomic mass is 10.2. The van der Waals surface area contributed by atoms with E-state index in [0.717, 1.165) is 0 Å². The van der Waals surface area contributed by atoms with Crippen molar-refractivity contribution in [1.82, 2.24) is 0 Å². The van der Waals surface area contributed by atoms with Crippen LogP contribution in [0.25, 0.3) is 0 Å². The Kier molecular flexibility index (Phi) is 5.74. The SMILES string of the molecule is C=C(C)C(=O)OCC(O)COC(=O)c1ccccc1O. The van der Waals surface area contributed by atoms with Crippen molar-refractivity contribution in [2.24, 2.45) is 0 Å². The number of ether oxygens (including phenoxy) is 2. The van der Waals surface area contributed by atoms with Crippen LogP contribution in [-0.2, 0) is 14.3 Å². The van der Waals surface area contributed by atoms with Crippen LogP contribution in [0.15, 0.2) is 36.4 Å². The molecule has 0 heterocycles. The maximum absolute atomic E-state index is 11.6. The third-order valence-corrected chi connectivity index (χ3v) is 2.29. The van der Waals surface area contributed by atoms with Crippen LogP contribution < -0.4 is 0 Å². The summed E-state index contributed by atoms with van der Waals surface area (Å²) in [5.74, 6) is -1.61. The molecule has 6 nitrogen and oxygen atoms in total. The Morgan fingerprint density at radius 3 is 2.45 bits per heavy atom. The fourth-order valence-electron chi connectivity index (χ4n) is 1.24. The molecule has 0 aromatic heterocycles. The Morgan fingerprint density at radius 1 is 1.25 bits per heavy atom. The van der Waals surface area contributed by atoms with Crippen molar-refractivity contribution in [3.05, 3.63) is 42.0 Å². The number of para-hydroxylation sites is 1. The predicted octanol–water partition coefficient (Wildman–Crippen LogP) is 1.03. The molecular formula is C14H16O6. The summed E-state index contributed by atoms with van der Waals surface area (Å²) in [5, 5.41) is 18.9. The molecule has 0 bridgehead atoms. The lowest BCUT2D eigenvalue weighted by Gasteiger charge is -2.12. The van der Waals surface area contributed by atoms with Crippen molar-refractivity contribution in [2.75, 3.05) is 13.2 Å². The molecule has 1 aromatic rings. The van der Waals surface area contributed by atoms with Crippen LogP contribution in [0, 0.1) is 0 Å². The largest absolute Gasteiger partial charge is 0.507 e. The van der Waals surface area contributed by atoms with Crippen LogP contribution in [0.4, 0.5) is 0 Å². The van der Waals surface area contributed by atoms with Gasteiger partial charge in [-0.3, -0.25) is 0 Å². The molecular weight excluding hydrogens is 264 g/mol.